The maximum atomic E-state index is 12.6. The van der Waals surface area contributed by atoms with Gasteiger partial charge in [0.1, 0.15) is 9.88 Å². The first-order chi connectivity index (χ1) is 10.2. The Morgan fingerprint density at radius 3 is 2.83 bits per heavy atom. The van der Waals surface area contributed by atoms with Crippen LogP contribution >= 0.6 is 36.2 Å². The number of likely N-dealkylation sites (N-methyl/N-ethyl adjacent to an activating group) is 1. The van der Waals surface area contributed by atoms with E-state index >= 15 is 0 Å². The summed E-state index contributed by atoms with van der Waals surface area (Å²) < 4.78 is 1.74. The van der Waals surface area contributed by atoms with Gasteiger partial charge < -0.3 is 10.2 Å². The smallest absolute Gasteiger partial charge is 0.265 e. The summed E-state index contributed by atoms with van der Waals surface area (Å²) in [6.07, 6.45) is 7.53. The van der Waals surface area contributed by atoms with Gasteiger partial charge in [0, 0.05) is 37.9 Å². The number of rotatable bonds is 3. The van der Waals surface area contributed by atoms with Gasteiger partial charge in [-0.05, 0) is 19.9 Å². The standard InChI is InChI=1S/C14H19N5OS.2ClH/c1-15-11-4-3-5-19(9-11)14(20)12-7-16-13(21-12)10-6-17-18(2)8-10;;/h6-8,11,15H,3-5,9H2,1-2H3;2*1H. The number of thiazole rings is 1. The molecule has 6 nitrogen and oxygen atoms in total. The van der Waals surface area contributed by atoms with Gasteiger partial charge in [0.25, 0.3) is 5.91 Å². The van der Waals surface area contributed by atoms with Gasteiger partial charge in [0.15, 0.2) is 0 Å². The molecule has 9 heteroatoms. The van der Waals surface area contributed by atoms with Gasteiger partial charge >= 0.3 is 0 Å². The summed E-state index contributed by atoms with van der Waals surface area (Å²) in [7, 11) is 3.82. The molecule has 1 saturated heterocycles. The predicted octanol–water partition coefficient (Wildman–Crippen LogP) is 2.21. The fraction of sp³-hybridized carbons (Fsp3) is 0.500. The SMILES string of the molecule is CNC1CCCN(C(=O)c2cnc(-c3cnn(C)c3)s2)C1.Cl.Cl. The second-order valence-corrected chi connectivity index (χ2v) is 6.34. The molecule has 0 radical (unpaired) electrons. The first-order valence-electron chi connectivity index (χ1n) is 7.09. The molecule has 2 aromatic rings. The van der Waals surface area contributed by atoms with Crippen LogP contribution in [0.4, 0.5) is 0 Å². The lowest BCUT2D eigenvalue weighted by Gasteiger charge is -2.32. The number of aryl methyl sites for hydroxylation is 1. The zero-order chi connectivity index (χ0) is 14.8. The number of hydrogen-bond donors (Lipinski definition) is 1. The molecule has 1 N–H and O–H groups in total. The number of carbonyl (C=O) groups excluding carboxylic acids is 1. The number of aromatic nitrogens is 3. The molecule has 1 aliphatic heterocycles. The zero-order valence-corrected chi connectivity index (χ0v) is 15.5. The largest absolute Gasteiger partial charge is 0.336 e. The van der Waals surface area contributed by atoms with Crippen LogP contribution in [0.15, 0.2) is 18.6 Å². The maximum Gasteiger partial charge on any atom is 0.265 e. The summed E-state index contributed by atoms with van der Waals surface area (Å²) >= 11 is 1.43. The van der Waals surface area contributed by atoms with Crippen LogP contribution in [0.25, 0.3) is 10.6 Å². The van der Waals surface area contributed by atoms with E-state index in [1.165, 1.54) is 11.3 Å². The minimum absolute atomic E-state index is 0. The van der Waals surface area contributed by atoms with E-state index < -0.39 is 0 Å². The zero-order valence-electron chi connectivity index (χ0n) is 13.1. The van der Waals surface area contributed by atoms with E-state index in [9.17, 15) is 4.79 Å². The van der Waals surface area contributed by atoms with Crippen LogP contribution < -0.4 is 5.32 Å². The maximum absolute atomic E-state index is 12.6. The summed E-state index contributed by atoms with van der Waals surface area (Å²) in [5.41, 5.74) is 0.952. The minimum Gasteiger partial charge on any atom is -0.336 e. The number of nitrogens with zero attached hydrogens (tertiary/aromatic N) is 4. The van der Waals surface area contributed by atoms with Crippen molar-refractivity contribution in [1.29, 1.82) is 0 Å². The van der Waals surface area contributed by atoms with E-state index in [2.05, 4.69) is 15.4 Å². The van der Waals surface area contributed by atoms with E-state index in [0.717, 1.165) is 36.5 Å². The molecule has 1 fully saturated rings. The summed E-state index contributed by atoms with van der Waals surface area (Å²) in [6, 6.07) is 0.397. The van der Waals surface area contributed by atoms with E-state index in [1.807, 2.05) is 25.2 Å². The van der Waals surface area contributed by atoms with Crippen molar-refractivity contribution in [2.45, 2.75) is 18.9 Å². The number of carbonyl (C=O) groups is 1. The molecule has 1 unspecified atom stereocenters. The average Bonchev–Trinajstić information content (AvgIpc) is 3.15. The van der Waals surface area contributed by atoms with Gasteiger partial charge in [-0.2, -0.15) is 5.10 Å². The molecular formula is C14H21Cl2N5OS. The van der Waals surface area contributed by atoms with Crippen LogP contribution in [-0.2, 0) is 7.05 Å². The molecule has 0 aromatic carbocycles. The Bertz CT molecular complexity index is 645. The van der Waals surface area contributed by atoms with E-state index in [0.29, 0.717) is 10.9 Å². The molecule has 3 rings (SSSR count). The molecule has 1 atom stereocenters. The quantitative estimate of drug-likeness (QED) is 0.890. The van der Waals surface area contributed by atoms with Gasteiger partial charge in [0.05, 0.1) is 12.4 Å². The molecule has 1 aliphatic rings. The molecule has 128 valence electrons. The highest BCUT2D eigenvalue weighted by Gasteiger charge is 2.25. The van der Waals surface area contributed by atoms with Crippen LogP contribution in [0.1, 0.15) is 22.5 Å². The van der Waals surface area contributed by atoms with Crippen molar-refractivity contribution < 1.29 is 4.79 Å². The third-order valence-electron chi connectivity index (χ3n) is 3.79. The van der Waals surface area contributed by atoms with Gasteiger partial charge in [0.2, 0.25) is 0 Å². The van der Waals surface area contributed by atoms with Crippen molar-refractivity contribution in [3.63, 3.8) is 0 Å². The van der Waals surface area contributed by atoms with Crippen molar-refractivity contribution in [3.8, 4) is 10.6 Å². The molecule has 1 amide bonds. The lowest BCUT2D eigenvalue weighted by Crippen LogP contribution is -2.46. The molecule has 2 aromatic heterocycles. The third kappa shape index (κ3) is 4.44. The van der Waals surface area contributed by atoms with Crippen LogP contribution in [0, 0.1) is 0 Å². The van der Waals surface area contributed by atoms with E-state index in [4.69, 9.17) is 0 Å². The summed E-state index contributed by atoms with van der Waals surface area (Å²) in [5, 5.41) is 8.24. The van der Waals surface area contributed by atoms with Gasteiger partial charge in [-0.15, -0.1) is 36.2 Å². The Balaban J connectivity index is 0.00000132. The third-order valence-corrected chi connectivity index (χ3v) is 4.82. The molecule has 0 saturated carbocycles. The highest BCUT2D eigenvalue weighted by atomic mass is 35.5. The Kier molecular flexibility index (Phi) is 7.47. The van der Waals surface area contributed by atoms with Crippen molar-refractivity contribution in [2.75, 3.05) is 20.1 Å². The Hall–Kier alpha value is -1.15. The van der Waals surface area contributed by atoms with Gasteiger partial charge in [-0.1, -0.05) is 0 Å². The van der Waals surface area contributed by atoms with Crippen LogP contribution in [0.5, 0.6) is 0 Å². The van der Waals surface area contributed by atoms with Crippen molar-refractivity contribution in [3.05, 3.63) is 23.5 Å². The number of piperidine rings is 1. The molecule has 0 bridgehead atoms. The predicted molar refractivity (Wildman–Crippen MR) is 96.8 cm³/mol. The minimum atomic E-state index is 0. The fourth-order valence-corrected chi connectivity index (χ4v) is 3.45. The second-order valence-electron chi connectivity index (χ2n) is 5.31. The van der Waals surface area contributed by atoms with Crippen LogP contribution in [-0.4, -0.2) is 51.8 Å². The molecule has 0 aliphatic carbocycles. The normalized spacial score (nSPS) is 17.3. The van der Waals surface area contributed by atoms with Crippen LogP contribution in [0.3, 0.4) is 0 Å². The molecule has 0 spiro atoms. The Morgan fingerprint density at radius 2 is 2.17 bits per heavy atom. The second kappa shape index (κ2) is 8.63. The Morgan fingerprint density at radius 1 is 1.39 bits per heavy atom. The summed E-state index contributed by atoms with van der Waals surface area (Å²) in [6.45, 7) is 1.60. The van der Waals surface area contributed by atoms with Crippen molar-refractivity contribution >= 4 is 42.1 Å². The molecular weight excluding hydrogens is 357 g/mol. The summed E-state index contributed by atoms with van der Waals surface area (Å²) in [4.78, 5) is 19.5. The summed E-state index contributed by atoms with van der Waals surface area (Å²) in [5.74, 6) is 0.0857. The van der Waals surface area contributed by atoms with E-state index in [-0.39, 0.29) is 30.7 Å². The van der Waals surface area contributed by atoms with Crippen LogP contribution in [0.2, 0.25) is 0 Å². The topological polar surface area (TPSA) is 63.1 Å². The molecule has 3 heterocycles. The Labute approximate surface area is 152 Å². The monoisotopic (exact) mass is 377 g/mol. The fourth-order valence-electron chi connectivity index (χ4n) is 2.59. The lowest BCUT2D eigenvalue weighted by molar-refractivity contribution is 0.0703. The lowest BCUT2D eigenvalue weighted by atomic mass is 10.1. The molecule has 23 heavy (non-hydrogen) atoms. The first-order valence-corrected chi connectivity index (χ1v) is 7.90. The van der Waals surface area contributed by atoms with Crippen molar-refractivity contribution in [2.24, 2.45) is 7.05 Å². The average molecular weight is 378 g/mol. The number of likely N-dealkylation sites (tertiary alicyclic amines) is 1. The first kappa shape index (κ1) is 19.9. The van der Waals surface area contributed by atoms with Gasteiger partial charge in [-0.3, -0.25) is 9.48 Å². The van der Waals surface area contributed by atoms with Crippen molar-refractivity contribution in [1.82, 2.24) is 25.0 Å². The highest BCUT2D eigenvalue weighted by molar-refractivity contribution is 7.16. The highest BCUT2D eigenvalue weighted by Crippen LogP contribution is 2.26. The van der Waals surface area contributed by atoms with E-state index in [1.54, 1.807) is 17.1 Å². The number of halogens is 2. The number of amides is 1. The number of nitrogens with one attached hydrogen (secondary N) is 1. The van der Waals surface area contributed by atoms with Gasteiger partial charge in [-0.25, -0.2) is 4.98 Å². The number of hydrogen-bond acceptors (Lipinski definition) is 5.